The number of alkyl halides is 2. The summed E-state index contributed by atoms with van der Waals surface area (Å²) in [6, 6.07) is 0. The molecule has 0 spiro atoms. The van der Waals surface area contributed by atoms with Crippen LogP contribution in [-0.4, -0.2) is 18.1 Å². The molecule has 0 aliphatic heterocycles. The molecule has 0 radical (unpaired) electrons. The monoisotopic (exact) mass is 296 g/mol. The largest absolute Gasteiger partial charge is 0.295 e. The zero-order chi connectivity index (χ0) is 15.6. The second-order valence-corrected chi connectivity index (χ2v) is 6.61. The number of carbonyl (C=O) groups is 1. The number of hydrogen-bond acceptors (Lipinski definition) is 1. The summed E-state index contributed by atoms with van der Waals surface area (Å²) in [5, 5.41) is 0. The fourth-order valence-electron chi connectivity index (χ4n) is 3.88. The van der Waals surface area contributed by atoms with Gasteiger partial charge in [-0.2, -0.15) is 0 Å². The Balaban J connectivity index is 2.24. The fourth-order valence-corrected chi connectivity index (χ4v) is 3.88. The Labute approximate surface area is 126 Å². The maximum atomic E-state index is 14.2. The van der Waals surface area contributed by atoms with Crippen molar-refractivity contribution in [3.8, 4) is 0 Å². The Kier molecular flexibility index (Phi) is 5.34. The van der Waals surface area contributed by atoms with Gasteiger partial charge in [-0.25, -0.2) is 8.78 Å². The average molecular weight is 296 g/mol. The van der Waals surface area contributed by atoms with Gasteiger partial charge >= 0.3 is 0 Å². The van der Waals surface area contributed by atoms with Gasteiger partial charge in [0.15, 0.2) is 5.78 Å². The Morgan fingerprint density at radius 2 is 2.05 bits per heavy atom. The maximum absolute atomic E-state index is 14.2. The van der Waals surface area contributed by atoms with Crippen molar-refractivity contribution in [2.45, 2.75) is 65.2 Å². The summed E-state index contributed by atoms with van der Waals surface area (Å²) >= 11 is 0. The third kappa shape index (κ3) is 3.61. The molecule has 0 fully saturated rings. The van der Waals surface area contributed by atoms with E-state index in [0.717, 1.165) is 30.4 Å². The van der Waals surface area contributed by atoms with Gasteiger partial charge in [0.1, 0.15) is 12.3 Å². The van der Waals surface area contributed by atoms with Crippen LogP contribution in [0.4, 0.5) is 8.78 Å². The molecule has 0 amide bonds. The molecule has 2 aliphatic carbocycles. The van der Waals surface area contributed by atoms with Crippen LogP contribution in [0.2, 0.25) is 0 Å². The molecule has 0 aromatic rings. The predicted octanol–water partition coefficient (Wildman–Crippen LogP) is 4.97. The minimum Gasteiger partial charge on any atom is -0.295 e. The minimum absolute atomic E-state index is 0.00320. The van der Waals surface area contributed by atoms with Crippen LogP contribution in [0.5, 0.6) is 0 Å². The van der Waals surface area contributed by atoms with Crippen LogP contribution < -0.4 is 0 Å². The molecule has 1 nitrogen and oxygen atoms in total. The lowest BCUT2D eigenvalue weighted by molar-refractivity contribution is -0.114. The highest BCUT2D eigenvalue weighted by Gasteiger charge is 2.36. The van der Waals surface area contributed by atoms with Crippen molar-refractivity contribution in [2.75, 3.05) is 0 Å². The summed E-state index contributed by atoms with van der Waals surface area (Å²) in [5.74, 6) is 0.631. The second-order valence-electron chi connectivity index (χ2n) is 6.61. The second kappa shape index (κ2) is 6.85. The van der Waals surface area contributed by atoms with E-state index in [2.05, 4.69) is 6.92 Å². The Bertz CT molecular complexity index is 452. The summed E-state index contributed by atoms with van der Waals surface area (Å²) in [7, 11) is 0. The summed E-state index contributed by atoms with van der Waals surface area (Å²) < 4.78 is 27.5. The van der Waals surface area contributed by atoms with Crippen LogP contribution >= 0.6 is 0 Å². The highest BCUT2D eigenvalue weighted by atomic mass is 19.1. The van der Waals surface area contributed by atoms with Crippen LogP contribution in [0.3, 0.4) is 0 Å². The molecule has 2 aliphatic rings. The topological polar surface area (TPSA) is 17.1 Å². The van der Waals surface area contributed by atoms with E-state index in [1.54, 1.807) is 13.0 Å². The van der Waals surface area contributed by atoms with E-state index in [-0.39, 0.29) is 30.0 Å². The summed E-state index contributed by atoms with van der Waals surface area (Å²) in [5.41, 5.74) is 1.69. The SMILES string of the molecule is CCC[C@H]1CC(C2=CCC(F)C[C@@H]2F)[C@@H](C)C=C1C(C)=O. The number of allylic oxidation sites excluding steroid dienone is 4. The van der Waals surface area contributed by atoms with E-state index in [4.69, 9.17) is 0 Å². The molecule has 0 aromatic carbocycles. The van der Waals surface area contributed by atoms with Crippen molar-refractivity contribution in [3.63, 3.8) is 0 Å². The van der Waals surface area contributed by atoms with E-state index < -0.39 is 12.3 Å². The number of ketones is 1. The van der Waals surface area contributed by atoms with Crippen molar-refractivity contribution in [2.24, 2.45) is 17.8 Å². The molecule has 0 aromatic heterocycles. The van der Waals surface area contributed by atoms with E-state index in [9.17, 15) is 13.6 Å². The molecule has 118 valence electrons. The first-order valence-corrected chi connectivity index (χ1v) is 8.14. The number of Topliss-reactive ketones (excluding diaryl/α,β-unsaturated/α-hetero) is 1. The average Bonchev–Trinajstić information content (AvgIpc) is 2.41. The molecule has 5 atom stereocenters. The van der Waals surface area contributed by atoms with Crippen LogP contribution in [0.25, 0.3) is 0 Å². The quantitative estimate of drug-likeness (QED) is 0.669. The van der Waals surface area contributed by atoms with Gasteiger partial charge in [-0.1, -0.05) is 32.4 Å². The molecule has 0 N–H and O–H groups in total. The van der Waals surface area contributed by atoms with E-state index in [0.29, 0.717) is 6.42 Å². The van der Waals surface area contributed by atoms with Gasteiger partial charge in [0.05, 0.1) is 0 Å². The highest BCUT2D eigenvalue weighted by Crippen LogP contribution is 2.43. The summed E-state index contributed by atoms with van der Waals surface area (Å²) in [6.07, 6.45) is 4.74. The van der Waals surface area contributed by atoms with Gasteiger partial charge < -0.3 is 0 Å². The zero-order valence-corrected chi connectivity index (χ0v) is 13.2. The van der Waals surface area contributed by atoms with Gasteiger partial charge in [-0.05, 0) is 55.1 Å². The normalized spacial score (nSPS) is 36.9. The standard InChI is InChI=1S/C18H26F2O/c1-4-5-13-9-16(11(2)8-17(13)12(3)21)15-7-6-14(19)10-18(15)20/h7-8,11,13-14,16,18H,4-6,9-10H2,1-3H3/t11-,13-,14?,16?,18-/m0/s1. The number of carbonyl (C=O) groups excluding carboxylic acids is 1. The predicted molar refractivity (Wildman–Crippen MR) is 81.5 cm³/mol. The molecule has 2 unspecified atom stereocenters. The summed E-state index contributed by atoms with van der Waals surface area (Å²) in [6.45, 7) is 5.77. The van der Waals surface area contributed by atoms with Gasteiger partial charge in [0.25, 0.3) is 0 Å². The van der Waals surface area contributed by atoms with Gasteiger partial charge in [0.2, 0.25) is 0 Å². The van der Waals surface area contributed by atoms with Crippen molar-refractivity contribution >= 4 is 5.78 Å². The van der Waals surface area contributed by atoms with Crippen molar-refractivity contribution in [1.82, 2.24) is 0 Å². The fraction of sp³-hybridized carbons (Fsp3) is 0.722. The molecular weight excluding hydrogens is 270 g/mol. The third-order valence-corrected chi connectivity index (χ3v) is 4.96. The molecule has 0 saturated carbocycles. The number of hydrogen-bond donors (Lipinski definition) is 0. The van der Waals surface area contributed by atoms with Crippen molar-refractivity contribution in [1.29, 1.82) is 0 Å². The molecule has 0 bridgehead atoms. The Hall–Kier alpha value is -0.990. The Morgan fingerprint density at radius 3 is 2.62 bits per heavy atom. The lowest BCUT2D eigenvalue weighted by atomic mass is 9.68. The molecule has 0 heterocycles. The third-order valence-electron chi connectivity index (χ3n) is 4.96. The molecule has 2 rings (SSSR count). The van der Waals surface area contributed by atoms with Gasteiger partial charge in [0, 0.05) is 6.42 Å². The lowest BCUT2D eigenvalue weighted by Gasteiger charge is -2.37. The van der Waals surface area contributed by atoms with Gasteiger partial charge in [-0.3, -0.25) is 4.79 Å². The first-order chi connectivity index (χ1) is 9.93. The smallest absolute Gasteiger partial charge is 0.155 e. The van der Waals surface area contributed by atoms with Gasteiger partial charge in [-0.15, -0.1) is 0 Å². The number of rotatable bonds is 4. The summed E-state index contributed by atoms with van der Waals surface area (Å²) in [4.78, 5) is 11.8. The zero-order valence-electron chi connectivity index (χ0n) is 13.2. The number of halogens is 2. The van der Waals surface area contributed by atoms with E-state index in [1.807, 2.05) is 13.0 Å². The molecule has 0 saturated heterocycles. The van der Waals surface area contributed by atoms with Crippen molar-refractivity contribution < 1.29 is 13.6 Å². The van der Waals surface area contributed by atoms with Crippen LogP contribution in [0.15, 0.2) is 23.3 Å². The molecule has 21 heavy (non-hydrogen) atoms. The van der Waals surface area contributed by atoms with E-state index in [1.165, 1.54) is 0 Å². The Morgan fingerprint density at radius 1 is 1.33 bits per heavy atom. The highest BCUT2D eigenvalue weighted by molar-refractivity contribution is 5.94. The molecule has 3 heteroatoms. The van der Waals surface area contributed by atoms with Crippen LogP contribution in [0, 0.1) is 17.8 Å². The maximum Gasteiger partial charge on any atom is 0.155 e. The lowest BCUT2D eigenvalue weighted by Crippen LogP contribution is -2.31. The first-order valence-electron chi connectivity index (χ1n) is 8.14. The van der Waals surface area contributed by atoms with Crippen LogP contribution in [-0.2, 0) is 4.79 Å². The van der Waals surface area contributed by atoms with Crippen LogP contribution in [0.1, 0.15) is 52.9 Å². The van der Waals surface area contributed by atoms with Crippen molar-refractivity contribution in [3.05, 3.63) is 23.3 Å². The molecular formula is C18H26F2O. The van der Waals surface area contributed by atoms with E-state index >= 15 is 0 Å². The first kappa shape index (κ1) is 16.4. The minimum atomic E-state index is -1.16.